The van der Waals surface area contributed by atoms with Gasteiger partial charge in [-0.1, -0.05) is 54.6 Å². The van der Waals surface area contributed by atoms with E-state index in [2.05, 4.69) is 0 Å². The maximum atomic E-state index is 11.9. The van der Waals surface area contributed by atoms with Gasteiger partial charge in [-0.2, -0.15) is 0 Å². The summed E-state index contributed by atoms with van der Waals surface area (Å²) in [5.74, 6) is -1.51. The maximum Gasteiger partial charge on any atom is 0.981 e. The molecule has 16 heteroatoms. The summed E-state index contributed by atoms with van der Waals surface area (Å²) in [5.41, 5.74) is 0.764. The molecule has 15 nitrogen and oxygen atoms in total. The standard InChI is InChI=1S/C24H15BN6O9/c32-29(33)22-13-16-7-1-4-10-19(16)26(22)38-25(39-27-20-11-5-2-8-17(20)14-23(27)30(34)35)40-28-21-12-6-3-9-18(21)15-24(28)31(36)37/h1-15H. The van der Waals surface area contributed by atoms with E-state index in [1.165, 1.54) is 18.2 Å². The first kappa shape index (κ1) is 24.3. The molecule has 0 amide bonds. The number of benzene rings is 3. The van der Waals surface area contributed by atoms with Gasteiger partial charge in [-0.05, 0) is 47.2 Å². The lowest BCUT2D eigenvalue weighted by Crippen LogP contribution is -2.49. The van der Waals surface area contributed by atoms with E-state index in [-0.39, 0.29) is 16.6 Å². The van der Waals surface area contributed by atoms with Gasteiger partial charge < -0.3 is 44.6 Å². The molecule has 0 unspecified atom stereocenters. The van der Waals surface area contributed by atoms with Crippen molar-refractivity contribution in [1.82, 2.24) is 14.2 Å². The lowest BCUT2D eigenvalue weighted by molar-refractivity contribution is -0.397. The minimum Gasteiger partial charge on any atom is -0.358 e. The van der Waals surface area contributed by atoms with Crippen LogP contribution in [0.1, 0.15) is 0 Å². The van der Waals surface area contributed by atoms with Gasteiger partial charge in [0.25, 0.3) is 0 Å². The zero-order chi connectivity index (χ0) is 28.0. The van der Waals surface area contributed by atoms with E-state index in [4.69, 9.17) is 14.3 Å². The highest BCUT2D eigenvalue weighted by Gasteiger charge is 2.46. The number of nitrogens with zero attached hydrogens (tertiary/aromatic N) is 6. The van der Waals surface area contributed by atoms with Gasteiger partial charge in [0.2, 0.25) is 0 Å². The van der Waals surface area contributed by atoms with Crippen LogP contribution in [-0.4, -0.2) is 36.3 Å². The summed E-state index contributed by atoms with van der Waals surface area (Å²) >= 11 is 0. The third kappa shape index (κ3) is 4.05. The Bertz CT molecular complexity index is 1740. The molecule has 0 aliphatic carbocycles. The first-order chi connectivity index (χ1) is 19.3. The molecule has 0 spiro atoms. The van der Waals surface area contributed by atoms with E-state index in [9.17, 15) is 30.3 Å². The fraction of sp³-hybridized carbons (Fsp3) is 0. The molecule has 0 N–H and O–H groups in total. The van der Waals surface area contributed by atoms with Gasteiger partial charge in [0.1, 0.15) is 0 Å². The number of aromatic nitrogens is 3. The highest BCUT2D eigenvalue weighted by atomic mass is 16.9. The summed E-state index contributed by atoms with van der Waals surface area (Å²) in [6.07, 6.45) is 0. The van der Waals surface area contributed by atoms with E-state index in [0.29, 0.717) is 16.2 Å². The minimum atomic E-state index is -2.02. The van der Waals surface area contributed by atoms with Crippen LogP contribution in [0.25, 0.3) is 32.7 Å². The summed E-state index contributed by atoms with van der Waals surface area (Å²) in [6, 6.07) is 23.1. The second-order valence-corrected chi connectivity index (χ2v) is 8.44. The van der Waals surface area contributed by atoms with Gasteiger partial charge in [0.15, 0.2) is 16.6 Å². The van der Waals surface area contributed by atoms with E-state index in [1.54, 1.807) is 72.8 Å². The van der Waals surface area contributed by atoms with E-state index in [1.807, 2.05) is 0 Å². The Morgan fingerprint density at radius 3 is 1.05 bits per heavy atom. The first-order valence-electron chi connectivity index (χ1n) is 11.6. The molecule has 0 fully saturated rings. The molecule has 6 rings (SSSR count). The summed E-state index contributed by atoms with van der Waals surface area (Å²) in [5, 5.41) is 37.0. The predicted octanol–water partition coefficient (Wildman–Crippen LogP) is 3.95. The second-order valence-electron chi connectivity index (χ2n) is 8.44. The molecule has 3 aromatic carbocycles. The van der Waals surface area contributed by atoms with Gasteiger partial charge in [0, 0.05) is 34.4 Å². The van der Waals surface area contributed by atoms with Crippen molar-refractivity contribution >= 4 is 57.5 Å². The topological polar surface area (TPSA) is 172 Å². The van der Waals surface area contributed by atoms with Crippen LogP contribution in [0.5, 0.6) is 0 Å². The SMILES string of the molecule is O=[N+]([O-])c1cc2ccccc2n1OB(On1c([N+](=O)[O-])cc2ccccc21)On1c([N+](=O)[O-])cc2ccccc21. The van der Waals surface area contributed by atoms with Gasteiger partial charge in [-0.25, -0.2) is 0 Å². The van der Waals surface area contributed by atoms with E-state index >= 15 is 0 Å². The number of fused-ring (bicyclic) bond motifs is 3. The Balaban J connectivity index is 1.52. The fourth-order valence-electron chi connectivity index (χ4n) is 4.38. The molecule has 0 aliphatic heterocycles. The van der Waals surface area contributed by atoms with Gasteiger partial charge in [-0.3, -0.25) is 0 Å². The van der Waals surface area contributed by atoms with Crippen molar-refractivity contribution in [2.45, 2.75) is 0 Å². The molecular weight excluding hydrogens is 527 g/mol. The highest BCUT2D eigenvalue weighted by molar-refractivity contribution is 6.37. The second kappa shape index (κ2) is 9.36. The normalized spacial score (nSPS) is 11.1. The monoisotopic (exact) mass is 542 g/mol. The Hall–Kier alpha value is -6.06. The molecule has 0 atom stereocenters. The van der Waals surface area contributed by atoms with Crippen LogP contribution in [0, 0.1) is 30.3 Å². The van der Waals surface area contributed by atoms with Crippen LogP contribution < -0.4 is 14.3 Å². The van der Waals surface area contributed by atoms with Crippen LogP contribution in [0.2, 0.25) is 0 Å². The van der Waals surface area contributed by atoms with Crippen molar-refractivity contribution in [1.29, 1.82) is 0 Å². The molecular formula is C24H15BN6O9. The summed E-state index contributed by atoms with van der Waals surface area (Å²) in [7, 11) is -2.02. The number of rotatable bonds is 9. The Labute approximate surface area is 222 Å². The fourth-order valence-corrected chi connectivity index (χ4v) is 4.38. The molecule has 40 heavy (non-hydrogen) atoms. The van der Waals surface area contributed by atoms with Crippen molar-refractivity contribution in [3.8, 4) is 0 Å². The Morgan fingerprint density at radius 1 is 0.500 bits per heavy atom. The average molecular weight is 542 g/mol. The summed E-state index contributed by atoms with van der Waals surface area (Å²) < 4.78 is 19.9. The van der Waals surface area contributed by atoms with Crippen LogP contribution in [0.4, 0.5) is 17.5 Å². The molecule has 6 aromatic rings. The number of hydrogen-bond acceptors (Lipinski definition) is 9. The van der Waals surface area contributed by atoms with Gasteiger partial charge >= 0.3 is 24.8 Å². The average Bonchev–Trinajstić information content (AvgIpc) is 3.61. The Kier molecular flexibility index (Phi) is 5.68. The minimum absolute atomic E-state index is 0.255. The lowest BCUT2D eigenvalue weighted by atomic mass is 10.2. The molecule has 0 bridgehead atoms. The van der Waals surface area contributed by atoms with Crippen LogP contribution >= 0.6 is 0 Å². The third-order valence-corrected chi connectivity index (χ3v) is 6.08. The van der Waals surface area contributed by atoms with Crippen molar-refractivity contribution in [3.63, 3.8) is 0 Å². The zero-order valence-corrected chi connectivity index (χ0v) is 20.1. The Morgan fingerprint density at radius 2 is 0.775 bits per heavy atom. The van der Waals surface area contributed by atoms with Crippen molar-refractivity contribution in [2.75, 3.05) is 0 Å². The summed E-state index contributed by atoms with van der Waals surface area (Å²) in [4.78, 5) is 33.5. The third-order valence-electron chi connectivity index (χ3n) is 6.08. The quantitative estimate of drug-likeness (QED) is 0.149. The van der Waals surface area contributed by atoms with Crippen LogP contribution in [0.15, 0.2) is 91.0 Å². The van der Waals surface area contributed by atoms with Gasteiger partial charge in [0.05, 0.1) is 0 Å². The van der Waals surface area contributed by atoms with Gasteiger partial charge in [-0.15, -0.1) is 0 Å². The molecule has 3 aromatic heterocycles. The maximum absolute atomic E-state index is 11.9. The number of hydrogen-bond donors (Lipinski definition) is 0. The first-order valence-corrected chi connectivity index (χ1v) is 11.6. The smallest absolute Gasteiger partial charge is 0.358 e. The van der Waals surface area contributed by atoms with Crippen molar-refractivity contribution in [2.24, 2.45) is 0 Å². The molecule has 3 heterocycles. The largest absolute Gasteiger partial charge is 0.981 e. The summed E-state index contributed by atoms with van der Waals surface area (Å²) in [6.45, 7) is 0. The highest BCUT2D eigenvalue weighted by Crippen LogP contribution is 2.28. The lowest BCUT2D eigenvalue weighted by Gasteiger charge is -2.11. The number of para-hydroxylation sites is 3. The van der Waals surface area contributed by atoms with Crippen LogP contribution in [0.3, 0.4) is 0 Å². The van der Waals surface area contributed by atoms with Crippen molar-refractivity contribution in [3.05, 3.63) is 121 Å². The molecule has 198 valence electrons. The molecule has 0 radical (unpaired) electrons. The van der Waals surface area contributed by atoms with E-state index in [0.717, 1.165) is 14.2 Å². The molecule has 0 saturated heterocycles. The van der Waals surface area contributed by atoms with E-state index < -0.39 is 39.5 Å². The molecule has 0 aliphatic rings. The predicted molar refractivity (Wildman–Crippen MR) is 141 cm³/mol. The van der Waals surface area contributed by atoms with Crippen LogP contribution in [-0.2, 0) is 0 Å². The van der Waals surface area contributed by atoms with Crippen molar-refractivity contribution < 1.29 is 29.0 Å². The zero-order valence-electron chi connectivity index (χ0n) is 20.1. The molecule has 0 saturated carbocycles. The number of nitro groups is 3.